The van der Waals surface area contributed by atoms with Gasteiger partial charge in [0.15, 0.2) is 0 Å². The van der Waals surface area contributed by atoms with Gasteiger partial charge >= 0.3 is 0 Å². The van der Waals surface area contributed by atoms with Crippen molar-refractivity contribution in [3.05, 3.63) is 36.0 Å². The first-order valence-corrected chi connectivity index (χ1v) is 8.56. The summed E-state index contributed by atoms with van der Waals surface area (Å²) >= 11 is 0. The Morgan fingerprint density at radius 1 is 0.950 bits per heavy atom. The lowest BCUT2D eigenvalue weighted by Gasteiger charge is -2.07. The number of rotatable bonds is 10. The third-order valence-electron chi connectivity index (χ3n) is 4.45. The molecular weight excluding hydrogens is 244 g/mol. The van der Waals surface area contributed by atoms with Crippen molar-refractivity contribution in [3.8, 4) is 0 Å². The summed E-state index contributed by atoms with van der Waals surface area (Å²) in [4.78, 5) is 0. The molecule has 2 aliphatic heterocycles. The van der Waals surface area contributed by atoms with E-state index < -0.39 is 0 Å². The van der Waals surface area contributed by atoms with Crippen LogP contribution in [0.4, 0.5) is 0 Å². The van der Waals surface area contributed by atoms with E-state index in [1.807, 2.05) is 0 Å². The van der Waals surface area contributed by atoms with E-state index in [4.69, 9.17) is 4.74 Å². The van der Waals surface area contributed by atoms with Gasteiger partial charge in [-0.05, 0) is 24.0 Å². The molecule has 2 unspecified atom stereocenters. The third-order valence-corrected chi connectivity index (χ3v) is 4.45. The van der Waals surface area contributed by atoms with Crippen molar-refractivity contribution in [2.24, 2.45) is 0 Å². The molecule has 0 aliphatic carbocycles. The van der Waals surface area contributed by atoms with Crippen LogP contribution in [0.15, 0.2) is 36.0 Å². The second-order valence-corrected chi connectivity index (χ2v) is 6.16. The lowest BCUT2D eigenvalue weighted by atomic mass is 9.95. The molecule has 0 N–H and O–H groups in total. The smallest absolute Gasteiger partial charge is 0.102 e. The Morgan fingerprint density at radius 2 is 1.55 bits per heavy atom. The molecule has 2 bridgehead atoms. The highest BCUT2D eigenvalue weighted by Gasteiger charge is 2.34. The van der Waals surface area contributed by atoms with Crippen LogP contribution in [-0.2, 0) is 4.74 Å². The summed E-state index contributed by atoms with van der Waals surface area (Å²) in [5.74, 6) is 0. The molecule has 0 saturated carbocycles. The number of allylic oxidation sites excluding steroid dienone is 1. The molecule has 2 aliphatic rings. The van der Waals surface area contributed by atoms with Crippen molar-refractivity contribution in [2.75, 3.05) is 0 Å². The van der Waals surface area contributed by atoms with Crippen LogP contribution in [-0.4, -0.2) is 12.2 Å². The molecular formula is C19H30O. The van der Waals surface area contributed by atoms with E-state index in [9.17, 15) is 0 Å². The van der Waals surface area contributed by atoms with E-state index in [1.54, 1.807) is 0 Å². The molecule has 112 valence electrons. The topological polar surface area (TPSA) is 9.23 Å². The molecule has 0 aromatic heterocycles. The van der Waals surface area contributed by atoms with Gasteiger partial charge in [0.1, 0.15) is 12.2 Å². The highest BCUT2D eigenvalue weighted by Crippen LogP contribution is 2.37. The fraction of sp³-hybridized carbons (Fsp3) is 0.684. The number of unbranched alkanes of at least 4 members (excludes halogenated alkanes) is 9. The summed E-state index contributed by atoms with van der Waals surface area (Å²) in [7, 11) is 0. The van der Waals surface area contributed by atoms with Gasteiger partial charge in [0.2, 0.25) is 0 Å². The minimum absolute atomic E-state index is 0.175. The average molecular weight is 274 g/mol. The van der Waals surface area contributed by atoms with Crippen LogP contribution >= 0.6 is 0 Å². The second-order valence-electron chi connectivity index (χ2n) is 6.16. The maximum absolute atomic E-state index is 5.76. The van der Waals surface area contributed by atoms with E-state index >= 15 is 0 Å². The fourth-order valence-electron chi connectivity index (χ4n) is 3.13. The van der Waals surface area contributed by atoms with E-state index in [1.165, 1.54) is 75.4 Å². The molecule has 0 spiro atoms. The average Bonchev–Trinajstić information content (AvgIpc) is 3.03. The Balaban J connectivity index is 1.48. The predicted molar refractivity (Wildman–Crippen MR) is 86.9 cm³/mol. The number of ether oxygens (including phenoxy) is 1. The lowest BCUT2D eigenvalue weighted by molar-refractivity contribution is 0.138. The molecule has 2 atom stereocenters. The highest BCUT2D eigenvalue weighted by molar-refractivity contribution is 5.48. The van der Waals surface area contributed by atoms with Crippen molar-refractivity contribution in [2.45, 2.75) is 83.3 Å². The maximum Gasteiger partial charge on any atom is 0.102 e. The van der Waals surface area contributed by atoms with Gasteiger partial charge in [0.25, 0.3) is 0 Å². The van der Waals surface area contributed by atoms with Gasteiger partial charge in [-0.25, -0.2) is 0 Å². The minimum Gasteiger partial charge on any atom is -0.357 e. The molecule has 0 aromatic rings. The van der Waals surface area contributed by atoms with Gasteiger partial charge in [-0.1, -0.05) is 83.1 Å². The second kappa shape index (κ2) is 8.46. The van der Waals surface area contributed by atoms with E-state index in [0.717, 1.165) is 0 Å². The van der Waals surface area contributed by atoms with Gasteiger partial charge in [-0.15, -0.1) is 0 Å². The van der Waals surface area contributed by atoms with Crippen molar-refractivity contribution < 1.29 is 4.74 Å². The van der Waals surface area contributed by atoms with Gasteiger partial charge < -0.3 is 4.74 Å². The third kappa shape index (κ3) is 4.34. The van der Waals surface area contributed by atoms with Crippen LogP contribution in [0.2, 0.25) is 0 Å². The largest absolute Gasteiger partial charge is 0.357 e. The normalized spacial score (nSPS) is 26.1. The number of fused-ring (bicyclic) bond motifs is 2. The summed E-state index contributed by atoms with van der Waals surface area (Å²) in [6.45, 7) is 6.42. The Bertz CT molecular complexity index is 364. The molecule has 1 saturated heterocycles. The first-order valence-electron chi connectivity index (χ1n) is 8.56. The first kappa shape index (κ1) is 15.6. The number of hydrogen-bond donors (Lipinski definition) is 0. The summed E-state index contributed by atoms with van der Waals surface area (Å²) in [5.41, 5.74) is 2.53. The Labute approximate surface area is 124 Å². The molecule has 0 aromatic carbocycles. The molecule has 2 heterocycles. The summed E-state index contributed by atoms with van der Waals surface area (Å²) in [6.07, 6.45) is 20.8. The lowest BCUT2D eigenvalue weighted by Crippen LogP contribution is -2.02. The quantitative estimate of drug-likeness (QED) is 0.365. The van der Waals surface area contributed by atoms with Gasteiger partial charge in [0, 0.05) is 0 Å². The van der Waals surface area contributed by atoms with Crippen LogP contribution in [0.1, 0.15) is 71.1 Å². The van der Waals surface area contributed by atoms with Crippen LogP contribution < -0.4 is 0 Å². The van der Waals surface area contributed by atoms with Crippen molar-refractivity contribution in [3.63, 3.8) is 0 Å². The monoisotopic (exact) mass is 274 g/mol. The first-order chi connectivity index (χ1) is 9.83. The number of hydrogen-bond acceptors (Lipinski definition) is 1. The fourth-order valence-corrected chi connectivity index (χ4v) is 3.13. The van der Waals surface area contributed by atoms with Gasteiger partial charge in [0.05, 0.1) is 0 Å². The SMILES string of the molecule is C=C1/C(=C/CCCCCCCCCCC)C2C=CC1O2. The predicted octanol–water partition coefficient (Wildman–Crippen LogP) is 5.73. The summed E-state index contributed by atoms with van der Waals surface area (Å²) in [5, 5.41) is 0. The zero-order valence-electron chi connectivity index (χ0n) is 13.1. The maximum atomic E-state index is 5.76. The molecule has 2 rings (SSSR count). The van der Waals surface area contributed by atoms with E-state index in [2.05, 4.69) is 31.7 Å². The zero-order chi connectivity index (χ0) is 14.2. The minimum atomic E-state index is 0.175. The summed E-state index contributed by atoms with van der Waals surface area (Å²) in [6, 6.07) is 0. The van der Waals surface area contributed by atoms with Crippen molar-refractivity contribution in [1.29, 1.82) is 0 Å². The molecule has 20 heavy (non-hydrogen) atoms. The Morgan fingerprint density at radius 3 is 2.15 bits per heavy atom. The standard InChI is InChI=1S/C19H30O/c1-3-4-5-6-7-8-9-10-11-12-13-17-16(2)18-14-15-19(17)20-18/h13-15,18-19H,2-12H2,1H3/b17-13-. The van der Waals surface area contributed by atoms with Gasteiger partial charge in [-0.2, -0.15) is 0 Å². The van der Waals surface area contributed by atoms with Crippen LogP contribution in [0.3, 0.4) is 0 Å². The van der Waals surface area contributed by atoms with Crippen molar-refractivity contribution >= 4 is 0 Å². The molecule has 0 radical (unpaired) electrons. The van der Waals surface area contributed by atoms with Gasteiger partial charge in [-0.3, -0.25) is 0 Å². The Kier molecular flexibility index (Phi) is 6.59. The van der Waals surface area contributed by atoms with E-state index in [-0.39, 0.29) is 12.2 Å². The van der Waals surface area contributed by atoms with Crippen LogP contribution in [0.25, 0.3) is 0 Å². The van der Waals surface area contributed by atoms with Crippen LogP contribution in [0.5, 0.6) is 0 Å². The van der Waals surface area contributed by atoms with E-state index in [0.29, 0.717) is 0 Å². The molecule has 0 amide bonds. The molecule has 1 nitrogen and oxygen atoms in total. The molecule has 1 heteroatoms. The van der Waals surface area contributed by atoms with Crippen molar-refractivity contribution in [1.82, 2.24) is 0 Å². The zero-order valence-corrected chi connectivity index (χ0v) is 13.1. The summed E-state index contributed by atoms with van der Waals surface area (Å²) < 4.78 is 5.76. The molecule has 1 fully saturated rings. The van der Waals surface area contributed by atoms with Crippen LogP contribution in [0, 0.1) is 0 Å². The highest BCUT2D eigenvalue weighted by atomic mass is 16.5. The Hall–Kier alpha value is -0.820.